The van der Waals surface area contributed by atoms with E-state index in [1.54, 1.807) is 18.9 Å². The highest BCUT2D eigenvalue weighted by atomic mass is 16.4. The summed E-state index contributed by atoms with van der Waals surface area (Å²) in [5.41, 5.74) is 0. The molecule has 2 amide bonds. The number of carboxylic acid groups (broad SMARTS) is 1. The monoisotopic (exact) mass is 271 g/mol. The average Bonchev–Trinajstić information content (AvgIpc) is 2.74. The van der Waals surface area contributed by atoms with E-state index in [-0.39, 0.29) is 6.03 Å². The summed E-state index contributed by atoms with van der Waals surface area (Å²) in [5.74, 6) is -1.25. The zero-order chi connectivity index (χ0) is 14.4. The van der Waals surface area contributed by atoms with E-state index in [1.807, 2.05) is 0 Å². The number of carbonyl (C=O) groups is 2. The number of carbonyl (C=O) groups excluding carboxylic acids is 1. The van der Waals surface area contributed by atoms with Gasteiger partial charge in [0.2, 0.25) is 0 Å². The van der Waals surface area contributed by atoms with Crippen LogP contribution in [0.4, 0.5) is 4.79 Å². The number of likely N-dealkylation sites (tertiary alicyclic amines) is 1. The molecule has 0 radical (unpaired) electrons. The van der Waals surface area contributed by atoms with E-state index >= 15 is 0 Å². The Morgan fingerprint density at radius 2 is 2.21 bits per heavy atom. The lowest BCUT2D eigenvalue weighted by molar-refractivity contribution is -0.141. The summed E-state index contributed by atoms with van der Waals surface area (Å²) in [4.78, 5) is 26.4. The molecule has 0 aromatic rings. The highest BCUT2D eigenvalue weighted by Crippen LogP contribution is 2.15. The van der Waals surface area contributed by atoms with Crippen LogP contribution in [0.25, 0.3) is 0 Å². The number of aliphatic carboxylic acids is 1. The number of nitrogens with one attached hydrogen (secondary N) is 1. The number of likely N-dealkylation sites (N-methyl/N-ethyl adjacent to an activating group) is 2. The van der Waals surface area contributed by atoms with E-state index < -0.39 is 11.9 Å². The van der Waals surface area contributed by atoms with Gasteiger partial charge in [0, 0.05) is 26.2 Å². The Morgan fingerprint density at radius 3 is 2.74 bits per heavy atom. The fourth-order valence-corrected chi connectivity index (χ4v) is 2.26. The third-order valence-electron chi connectivity index (χ3n) is 3.78. The molecule has 6 heteroatoms. The van der Waals surface area contributed by atoms with Crippen LogP contribution in [0.5, 0.6) is 0 Å². The number of urea groups is 1. The maximum Gasteiger partial charge on any atom is 0.317 e. The van der Waals surface area contributed by atoms with Crippen molar-refractivity contribution in [3.8, 4) is 0 Å². The minimum absolute atomic E-state index is 0.127. The Labute approximate surface area is 114 Å². The molecule has 1 fully saturated rings. The first-order valence-electron chi connectivity index (χ1n) is 6.83. The van der Waals surface area contributed by atoms with Gasteiger partial charge in [0.05, 0.1) is 5.92 Å². The number of amides is 2. The van der Waals surface area contributed by atoms with Crippen LogP contribution in [0.3, 0.4) is 0 Å². The Balaban J connectivity index is 2.23. The fraction of sp³-hybridized carbons (Fsp3) is 0.846. The molecule has 19 heavy (non-hydrogen) atoms. The topological polar surface area (TPSA) is 72.9 Å². The van der Waals surface area contributed by atoms with Gasteiger partial charge in [-0.2, -0.15) is 0 Å². The summed E-state index contributed by atoms with van der Waals surface area (Å²) in [7, 11) is 3.86. The number of rotatable bonds is 6. The molecule has 0 aliphatic carbocycles. The van der Waals surface area contributed by atoms with E-state index in [1.165, 1.54) is 6.42 Å². The summed E-state index contributed by atoms with van der Waals surface area (Å²) >= 11 is 0. The molecule has 0 aromatic carbocycles. The second-order valence-corrected chi connectivity index (χ2v) is 5.42. The van der Waals surface area contributed by atoms with Crippen molar-refractivity contribution in [1.29, 1.82) is 0 Å². The van der Waals surface area contributed by atoms with Gasteiger partial charge in [0.25, 0.3) is 0 Å². The molecular weight excluding hydrogens is 246 g/mol. The number of hydrogen-bond donors (Lipinski definition) is 2. The van der Waals surface area contributed by atoms with Crippen molar-refractivity contribution in [2.75, 3.05) is 33.7 Å². The summed E-state index contributed by atoms with van der Waals surface area (Å²) < 4.78 is 0. The summed E-state index contributed by atoms with van der Waals surface area (Å²) in [5, 5.41) is 11.5. The largest absolute Gasteiger partial charge is 0.481 e. The molecule has 1 aliphatic heterocycles. The highest BCUT2D eigenvalue weighted by Gasteiger charge is 2.23. The van der Waals surface area contributed by atoms with Crippen LogP contribution in [0, 0.1) is 5.92 Å². The number of nitrogens with zero attached hydrogens (tertiary/aromatic N) is 2. The van der Waals surface area contributed by atoms with E-state index in [2.05, 4.69) is 17.3 Å². The van der Waals surface area contributed by atoms with Crippen molar-refractivity contribution >= 4 is 12.0 Å². The minimum Gasteiger partial charge on any atom is -0.481 e. The van der Waals surface area contributed by atoms with E-state index in [4.69, 9.17) is 5.11 Å². The molecule has 1 heterocycles. The van der Waals surface area contributed by atoms with Crippen LogP contribution in [0.2, 0.25) is 0 Å². The quantitative estimate of drug-likeness (QED) is 0.750. The van der Waals surface area contributed by atoms with Crippen molar-refractivity contribution in [2.45, 2.75) is 32.2 Å². The molecule has 0 spiro atoms. The van der Waals surface area contributed by atoms with Gasteiger partial charge in [-0.05, 0) is 32.9 Å². The smallest absolute Gasteiger partial charge is 0.317 e. The molecule has 1 rings (SSSR count). The molecule has 0 aromatic heterocycles. The Morgan fingerprint density at radius 1 is 1.53 bits per heavy atom. The summed E-state index contributed by atoms with van der Waals surface area (Å²) in [6.07, 6.45) is 2.77. The molecule has 2 atom stereocenters. The molecular formula is C13H25N3O3. The molecule has 2 N–H and O–H groups in total. The Kier molecular flexibility index (Phi) is 6.08. The predicted molar refractivity (Wildman–Crippen MR) is 73.1 cm³/mol. The molecule has 1 aliphatic rings. The van der Waals surface area contributed by atoms with Crippen molar-refractivity contribution in [1.82, 2.24) is 15.1 Å². The van der Waals surface area contributed by atoms with Gasteiger partial charge in [-0.1, -0.05) is 6.92 Å². The molecule has 110 valence electrons. The van der Waals surface area contributed by atoms with Crippen LogP contribution in [0.1, 0.15) is 26.2 Å². The maximum absolute atomic E-state index is 11.8. The zero-order valence-corrected chi connectivity index (χ0v) is 12.1. The predicted octanol–water partition coefficient (Wildman–Crippen LogP) is 0.833. The maximum atomic E-state index is 11.8. The third-order valence-corrected chi connectivity index (χ3v) is 3.78. The molecule has 0 saturated carbocycles. The van der Waals surface area contributed by atoms with Gasteiger partial charge in [0.15, 0.2) is 0 Å². The summed E-state index contributed by atoms with van der Waals surface area (Å²) in [6, 6.07) is 0.312. The molecule has 1 saturated heterocycles. The van der Waals surface area contributed by atoms with Gasteiger partial charge in [-0.3, -0.25) is 4.79 Å². The van der Waals surface area contributed by atoms with Gasteiger partial charge >= 0.3 is 12.0 Å². The van der Waals surface area contributed by atoms with Crippen LogP contribution < -0.4 is 5.32 Å². The zero-order valence-electron chi connectivity index (χ0n) is 12.1. The van der Waals surface area contributed by atoms with E-state index in [0.29, 0.717) is 19.0 Å². The van der Waals surface area contributed by atoms with Crippen molar-refractivity contribution in [3.63, 3.8) is 0 Å². The molecule has 2 unspecified atom stereocenters. The van der Waals surface area contributed by atoms with Gasteiger partial charge in [0.1, 0.15) is 0 Å². The lowest BCUT2D eigenvalue weighted by atomic mass is 10.1. The van der Waals surface area contributed by atoms with Gasteiger partial charge in [-0.15, -0.1) is 0 Å². The van der Waals surface area contributed by atoms with Crippen LogP contribution in [-0.4, -0.2) is 66.7 Å². The first-order valence-corrected chi connectivity index (χ1v) is 6.83. The van der Waals surface area contributed by atoms with E-state index in [0.717, 1.165) is 19.5 Å². The Bertz CT molecular complexity index is 322. The third kappa shape index (κ3) is 5.06. The van der Waals surface area contributed by atoms with Crippen molar-refractivity contribution in [3.05, 3.63) is 0 Å². The van der Waals surface area contributed by atoms with Crippen molar-refractivity contribution in [2.24, 2.45) is 5.92 Å². The first kappa shape index (κ1) is 15.8. The Hall–Kier alpha value is -1.30. The van der Waals surface area contributed by atoms with Gasteiger partial charge in [-0.25, -0.2) is 4.79 Å². The van der Waals surface area contributed by atoms with Crippen LogP contribution >= 0.6 is 0 Å². The first-order chi connectivity index (χ1) is 8.91. The van der Waals surface area contributed by atoms with Gasteiger partial charge < -0.3 is 20.2 Å². The number of hydrogen-bond acceptors (Lipinski definition) is 3. The SMILES string of the molecule is CC(CCNC(=O)N(C)CC1CCCN1C)C(=O)O. The minimum atomic E-state index is -0.824. The molecule has 6 nitrogen and oxygen atoms in total. The second kappa shape index (κ2) is 7.33. The van der Waals surface area contributed by atoms with Crippen LogP contribution in [0.15, 0.2) is 0 Å². The molecule has 0 bridgehead atoms. The normalized spacial score (nSPS) is 21.1. The fourth-order valence-electron chi connectivity index (χ4n) is 2.26. The van der Waals surface area contributed by atoms with Crippen molar-refractivity contribution < 1.29 is 14.7 Å². The lowest BCUT2D eigenvalue weighted by Crippen LogP contribution is -2.44. The standard InChI is InChI=1S/C13H25N3O3/c1-10(12(17)18)6-7-14-13(19)16(3)9-11-5-4-8-15(11)2/h10-11H,4-9H2,1-3H3,(H,14,19)(H,17,18). The van der Waals surface area contributed by atoms with E-state index in [9.17, 15) is 9.59 Å². The number of carboxylic acids is 1. The summed E-state index contributed by atoms with van der Waals surface area (Å²) in [6.45, 7) is 3.86. The van der Waals surface area contributed by atoms with Crippen LogP contribution in [-0.2, 0) is 4.79 Å². The second-order valence-electron chi connectivity index (χ2n) is 5.42. The lowest BCUT2D eigenvalue weighted by Gasteiger charge is -2.26. The highest BCUT2D eigenvalue weighted by molar-refractivity contribution is 5.74. The average molecular weight is 271 g/mol.